The van der Waals surface area contributed by atoms with Gasteiger partial charge >= 0.3 is 0 Å². The molecule has 4 N–H and O–H groups in total. The van der Waals surface area contributed by atoms with Gasteiger partial charge in [0.05, 0.1) is 25.9 Å². The third-order valence-electron chi connectivity index (χ3n) is 12.9. The summed E-state index contributed by atoms with van der Waals surface area (Å²) in [7, 11) is 2.11. The SMILES string of the molecule is CC(=O)c1ccc(OCCCCCn2nc3c(-c4ccc(N(c5ccccc5)c5ccccc5)cc4)c(N)c(N(C)[NH2+]CC(C)(C)C)c(-c4ccc(N(C5=CCCC=C5)c5ccccc5)cc4)c3n2)cc1. The van der Waals surface area contributed by atoms with Crippen LogP contribution in [0.5, 0.6) is 5.75 Å². The maximum Gasteiger partial charge on any atom is 0.159 e. The minimum Gasteiger partial charge on any atom is -0.494 e. The van der Waals surface area contributed by atoms with Crippen LogP contribution in [0.4, 0.5) is 39.8 Å². The van der Waals surface area contributed by atoms with Crippen LogP contribution in [0.3, 0.4) is 0 Å². The van der Waals surface area contributed by atoms with Crippen molar-refractivity contribution in [3.8, 4) is 28.0 Å². The zero-order valence-electron chi connectivity index (χ0n) is 41.6. The Morgan fingerprint density at radius 2 is 1.17 bits per heavy atom. The number of nitrogens with two attached hydrogens (primary N) is 2. The van der Waals surface area contributed by atoms with E-state index < -0.39 is 0 Å². The van der Waals surface area contributed by atoms with Crippen LogP contribution >= 0.6 is 0 Å². The normalized spacial score (nSPS) is 12.4. The fourth-order valence-electron chi connectivity index (χ4n) is 9.16. The molecule has 0 spiro atoms. The molecule has 0 fully saturated rings. The second kappa shape index (κ2) is 21.8. The highest BCUT2D eigenvalue weighted by Crippen LogP contribution is 2.48. The number of carbonyl (C=O) groups is 1. The van der Waals surface area contributed by atoms with E-state index in [9.17, 15) is 4.79 Å². The number of unbranched alkanes of at least 4 members (excludes halogenated alkanes) is 2. The summed E-state index contributed by atoms with van der Waals surface area (Å²) in [5.74, 6) is 0.805. The van der Waals surface area contributed by atoms with Crippen LogP contribution in [-0.4, -0.2) is 41.0 Å². The summed E-state index contributed by atoms with van der Waals surface area (Å²) in [5, 5.41) is 12.9. The number of anilines is 7. The number of aromatic nitrogens is 3. The van der Waals surface area contributed by atoms with Gasteiger partial charge in [-0.15, -0.1) is 0 Å². The van der Waals surface area contributed by atoms with Crippen LogP contribution in [-0.2, 0) is 6.54 Å². The molecule has 71 heavy (non-hydrogen) atoms. The van der Waals surface area contributed by atoms with Crippen LogP contribution in [0.2, 0.25) is 0 Å². The van der Waals surface area contributed by atoms with Crippen molar-refractivity contribution in [2.75, 3.05) is 40.7 Å². The molecule has 10 nitrogen and oxygen atoms in total. The molecular weight excluding hydrogens is 877 g/mol. The topological polar surface area (TPSA) is 109 Å². The predicted molar refractivity (Wildman–Crippen MR) is 293 cm³/mol. The number of nitrogen functional groups attached to an aromatic ring is 1. The van der Waals surface area contributed by atoms with Gasteiger partial charge in [0.15, 0.2) is 5.78 Å². The molecule has 0 atom stereocenters. The molecule has 1 heterocycles. The molecule has 0 aliphatic heterocycles. The van der Waals surface area contributed by atoms with E-state index in [-0.39, 0.29) is 11.2 Å². The molecule has 0 saturated carbocycles. The molecule has 7 aromatic carbocycles. The molecule has 9 rings (SSSR count). The van der Waals surface area contributed by atoms with E-state index in [1.807, 2.05) is 41.2 Å². The fourth-order valence-corrected chi connectivity index (χ4v) is 9.16. The number of ether oxygens (including phenoxy) is 1. The molecule has 0 bridgehead atoms. The maximum atomic E-state index is 11.8. The van der Waals surface area contributed by atoms with Crippen LogP contribution in [0, 0.1) is 5.41 Å². The third kappa shape index (κ3) is 11.2. The van der Waals surface area contributed by atoms with Gasteiger partial charge in [-0.2, -0.15) is 15.0 Å². The van der Waals surface area contributed by atoms with Crippen molar-refractivity contribution < 1.29 is 15.0 Å². The summed E-state index contributed by atoms with van der Waals surface area (Å²) >= 11 is 0. The lowest BCUT2D eigenvalue weighted by Gasteiger charge is -2.28. The van der Waals surface area contributed by atoms with Crippen molar-refractivity contribution in [3.63, 3.8) is 0 Å². The molecule has 360 valence electrons. The van der Waals surface area contributed by atoms with E-state index in [0.29, 0.717) is 24.4 Å². The Bertz CT molecular complexity index is 3070. The van der Waals surface area contributed by atoms with Crippen LogP contribution < -0.4 is 30.7 Å². The number of allylic oxidation sites excluding steroid dienone is 3. The van der Waals surface area contributed by atoms with E-state index in [0.717, 1.165) is 118 Å². The zero-order chi connectivity index (χ0) is 49.3. The Hall–Kier alpha value is -7.95. The standard InChI is InChI=1S/C61H64N8O2/c1-44(70)45-33-39-54(40-34-45)71-42-20-10-19-41-67-64-58-55(46-29-35-52(36-30-46)68(48-21-11-6-12-22-48)49-23-13-7-14-24-49)57(62)60(66(5)63-43-61(2,3)4)56(59(58)65-67)47-31-37-53(38-32-47)69(50-25-15-8-16-26-50)51-27-17-9-18-28-51/h6-8,11-17,21-40,63H,9-10,18-20,41-43,62H2,1-5H3/p+1. The number of nitrogens with zero attached hydrogens (tertiary/aromatic N) is 6. The Labute approximate surface area is 418 Å². The number of carbonyl (C=O) groups excluding carboxylic acids is 1. The summed E-state index contributed by atoms with van der Waals surface area (Å²) in [5.41, 5.74) is 23.9. The highest BCUT2D eigenvalue weighted by atomic mass is 16.5. The van der Waals surface area contributed by atoms with E-state index in [1.165, 1.54) is 0 Å². The largest absolute Gasteiger partial charge is 0.494 e. The average molecular weight is 942 g/mol. The molecule has 0 saturated heterocycles. The highest BCUT2D eigenvalue weighted by molar-refractivity contribution is 6.13. The number of quaternary nitrogens is 1. The third-order valence-corrected chi connectivity index (χ3v) is 12.9. The van der Waals surface area contributed by atoms with Gasteiger partial charge in [-0.25, -0.2) is 10.4 Å². The highest BCUT2D eigenvalue weighted by Gasteiger charge is 2.29. The maximum absolute atomic E-state index is 11.8. The van der Waals surface area contributed by atoms with Crippen molar-refractivity contribution in [2.45, 2.75) is 66.3 Å². The van der Waals surface area contributed by atoms with Gasteiger partial charge in [-0.05, 0) is 141 Å². The molecule has 10 heteroatoms. The van der Waals surface area contributed by atoms with Gasteiger partial charge in [-0.3, -0.25) is 4.79 Å². The lowest BCUT2D eigenvalue weighted by Crippen LogP contribution is -2.95. The van der Waals surface area contributed by atoms with Crippen molar-refractivity contribution in [2.24, 2.45) is 5.41 Å². The molecule has 1 aromatic heterocycles. The predicted octanol–water partition coefficient (Wildman–Crippen LogP) is 13.6. The van der Waals surface area contributed by atoms with E-state index >= 15 is 0 Å². The summed E-state index contributed by atoms with van der Waals surface area (Å²) < 4.78 is 6.03. The molecule has 0 unspecified atom stereocenters. The smallest absolute Gasteiger partial charge is 0.159 e. The number of hydrogen-bond acceptors (Lipinski definition) is 8. The Morgan fingerprint density at radius 1 is 0.648 bits per heavy atom. The van der Waals surface area contributed by atoms with Gasteiger partial charge in [0, 0.05) is 56.2 Å². The number of hydrogen-bond donors (Lipinski definition) is 2. The number of Topliss-reactive ketones (excluding diaryl/α,β-unsaturated/α-hetero) is 1. The second-order valence-corrected chi connectivity index (χ2v) is 19.4. The van der Waals surface area contributed by atoms with Gasteiger partial charge in [-0.1, -0.05) is 112 Å². The van der Waals surface area contributed by atoms with Crippen molar-refractivity contribution >= 4 is 56.6 Å². The first kappa shape index (κ1) is 48.1. The molecule has 1 aliphatic rings. The van der Waals surface area contributed by atoms with Gasteiger partial charge in [0.2, 0.25) is 0 Å². The molecule has 1 aliphatic carbocycles. The number of rotatable bonds is 19. The molecule has 8 aromatic rings. The average Bonchev–Trinajstić information content (AvgIpc) is 3.81. The quantitative estimate of drug-likeness (QED) is 0.0271. The number of ketones is 1. The van der Waals surface area contributed by atoms with Gasteiger partial charge in [0.1, 0.15) is 29.0 Å². The van der Waals surface area contributed by atoms with Crippen molar-refractivity contribution in [1.82, 2.24) is 15.0 Å². The minimum absolute atomic E-state index is 0.0428. The number of benzene rings is 7. The first-order chi connectivity index (χ1) is 34.5. The second-order valence-electron chi connectivity index (χ2n) is 19.4. The van der Waals surface area contributed by atoms with Gasteiger partial charge < -0.3 is 20.3 Å². The summed E-state index contributed by atoms with van der Waals surface area (Å²) in [6, 6.07) is 56.3. The van der Waals surface area contributed by atoms with Crippen molar-refractivity contribution in [3.05, 3.63) is 193 Å². The number of aryl methyl sites for hydroxylation is 1. The van der Waals surface area contributed by atoms with Gasteiger partial charge in [0.25, 0.3) is 0 Å². The Kier molecular flexibility index (Phi) is 14.8. The first-order valence-corrected chi connectivity index (χ1v) is 24.9. The lowest BCUT2D eigenvalue weighted by molar-refractivity contribution is -0.673. The van der Waals surface area contributed by atoms with Crippen LogP contribution in [0.25, 0.3) is 33.3 Å². The zero-order valence-corrected chi connectivity index (χ0v) is 41.6. The lowest BCUT2D eigenvalue weighted by atomic mass is 9.93. The Balaban J connectivity index is 1.12. The molecular formula is C61H65N8O2+. The Morgan fingerprint density at radius 3 is 1.70 bits per heavy atom. The minimum atomic E-state index is 0.0428. The van der Waals surface area contributed by atoms with E-state index in [1.54, 1.807) is 6.92 Å². The molecule has 0 amide bonds. The summed E-state index contributed by atoms with van der Waals surface area (Å²) in [6.45, 7) is 10.4. The monoisotopic (exact) mass is 942 g/mol. The van der Waals surface area contributed by atoms with E-state index in [4.69, 9.17) is 20.7 Å². The van der Waals surface area contributed by atoms with E-state index in [2.05, 4.69) is 194 Å². The summed E-state index contributed by atoms with van der Waals surface area (Å²) in [6.07, 6.45) is 11.5. The number of fused-ring (bicyclic) bond motifs is 1. The van der Waals surface area contributed by atoms with Crippen LogP contribution in [0.1, 0.15) is 70.2 Å². The summed E-state index contributed by atoms with van der Waals surface area (Å²) in [4.78, 5) is 18.2. The number of para-hydroxylation sites is 3. The van der Waals surface area contributed by atoms with Crippen LogP contribution in [0.15, 0.2) is 188 Å². The fraction of sp³-hybridized carbons (Fsp3) is 0.230. The molecule has 0 radical (unpaired) electrons. The van der Waals surface area contributed by atoms with Crippen molar-refractivity contribution in [1.29, 1.82) is 0 Å². The first-order valence-electron chi connectivity index (χ1n) is 24.9.